The summed E-state index contributed by atoms with van der Waals surface area (Å²) in [6.45, 7) is 1.43. The van der Waals surface area contributed by atoms with Crippen molar-refractivity contribution in [3.8, 4) is 0 Å². The van der Waals surface area contributed by atoms with Crippen molar-refractivity contribution in [2.75, 3.05) is 32.1 Å². The molecule has 6 nitrogen and oxygen atoms in total. The first-order valence-corrected chi connectivity index (χ1v) is 7.75. The van der Waals surface area contributed by atoms with E-state index >= 15 is 0 Å². The molecule has 0 saturated heterocycles. The summed E-state index contributed by atoms with van der Waals surface area (Å²) in [7, 11) is 3.73. The molecule has 2 aromatic heterocycles. The molecule has 0 unspecified atom stereocenters. The Morgan fingerprint density at radius 1 is 1.17 bits per heavy atom. The summed E-state index contributed by atoms with van der Waals surface area (Å²) >= 11 is 5.77. The molecule has 1 amide bonds. The van der Waals surface area contributed by atoms with E-state index in [9.17, 15) is 4.79 Å². The highest BCUT2D eigenvalue weighted by Crippen LogP contribution is 2.09. The van der Waals surface area contributed by atoms with Crippen LogP contribution < -0.4 is 4.90 Å². The molecule has 0 aromatic carbocycles. The number of halogens is 1. The van der Waals surface area contributed by atoms with Crippen LogP contribution in [0.15, 0.2) is 36.9 Å². The Hall–Kier alpha value is -2.21. The summed E-state index contributed by atoms with van der Waals surface area (Å²) in [4.78, 5) is 28.2. The third-order valence-electron chi connectivity index (χ3n) is 3.44. The zero-order valence-corrected chi connectivity index (χ0v) is 14.1. The molecule has 0 fully saturated rings. The number of likely N-dealkylation sites (N-methyl/N-ethyl adjacent to an activating group) is 1. The predicted octanol–water partition coefficient (Wildman–Crippen LogP) is 2.05. The van der Waals surface area contributed by atoms with Crippen LogP contribution in [0.4, 0.5) is 5.95 Å². The van der Waals surface area contributed by atoms with Gasteiger partial charge in [-0.05, 0) is 18.1 Å². The summed E-state index contributed by atoms with van der Waals surface area (Å²) < 4.78 is 0. The summed E-state index contributed by atoms with van der Waals surface area (Å²) in [5, 5.41) is 0.517. The first-order valence-electron chi connectivity index (χ1n) is 7.38. The van der Waals surface area contributed by atoms with Crippen molar-refractivity contribution in [2.45, 2.75) is 12.8 Å². The monoisotopic (exact) mass is 333 g/mol. The Kier molecular flexibility index (Phi) is 6.29. The number of pyridine rings is 1. The smallest absolute Gasteiger partial charge is 0.226 e. The lowest BCUT2D eigenvalue weighted by atomic mass is 10.2. The summed E-state index contributed by atoms with van der Waals surface area (Å²) in [5.41, 5.74) is 0.927. The lowest BCUT2D eigenvalue weighted by Crippen LogP contribution is -2.31. The van der Waals surface area contributed by atoms with Crippen LogP contribution in [0, 0.1) is 0 Å². The molecule has 2 heterocycles. The Labute approximate surface area is 141 Å². The van der Waals surface area contributed by atoms with Crippen LogP contribution in [0.3, 0.4) is 0 Å². The van der Waals surface area contributed by atoms with Gasteiger partial charge in [0, 0.05) is 39.6 Å². The van der Waals surface area contributed by atoms with Crippen molar-refractivity contribution in [2.24, 2.45) is 0 Å². The van der Waals surface area contributed by atoms with Gasteiger partial charge in [-0.1, -0.05) is 17.7 Å². The Balaban J connectivity index is 1.74. The minimum Gasteiger partial charge on any atom is -0.345 e. The Morgan fingerprint density at radius 3 is 2.57 bits per heavy atom. The molecule has 0 aliphatic rings. The Bertz CT molecular complexity index is 620. The number of amides is 1. The highest BCUT2D eigenvalue weighted by molar-refractivity contribution is 6.30. The van der Waals surface area contributed by atoms with Gasteiger partial charge in [0.25, 0.3) is 0 Å². The third-order valence-corrected chi connectivity index (χ3v) is 3.63. The van der Waals surface area contributed by atoms with Gasteiger partial charge in [-0.25, -0.2) is 9.97 Å². The average Bonchev–Trinajstić information content (AvgIpc) is 2.56. The number of carbonyl (C=O) groups excluding carboxylic acids is 1. The minimum atomic E-state index is 0.0865. The molecule has 0 N–H and O–H groups in total. The van der Waals surface area contributed by atoms with Crippen LogP contribution in [-0.2, 0) is 11.2 Å². The van der Waals surface area contributed by atoms with Crippen molar-refractivity contribution in [1.82, 2.24) is 19.9 Å². The molecule has 0 bridgehead atoms. The van der Waals surface area contributed by atoms with Crippen LogP contribution in [0.25, 0.3) is 0 Å². The molecule has 0 aliphatic carbocycles. The quantitative estimate of drug-likeness (QED) is 0.776. The zero-order chi connectivity index (χ0) is 16.7. The van der Waals surface area contributed by atoms with Crippen molar-refractivity contribution in [3.63, 3.8) is 0 Å². The van der Waals surface area contributed by atoms with Gasteiger partial charge in [0.15, 0.2) is 0 Å². The van der Waals surface area contributed by atoms with Crippen molar-refractivity contribution < 1.29 is 4.79 Å². The minimum absolute atomic E-state index is 0.0865. The standard InChI is InChI=1S/C16H20ClN5O/c1-21(15(23)9-13-5-3-6-18-10-13)7-4-8-22(2)16-19-11-14(17)12-20-16/h3,5-6,10-12H,4,7-9H2,1-2H3. The zero-order valence-electron chi connectivity index (χ0n) is 13.3. The second-order valence-electron chi connectivity index (χ2n) is 5.33. The van der Waals surface area contributed by atoms with Gasteiger partial charge < -0.3 is 9.80 Å². The lowest BCUT2D eigenvalue weighted by Gasteiger charge is -2.20. The molecule has 0 spiro atoms. The largest absolute Gasteiger partial charge is 0.345 e. The van der Waals surface area contributed by atoms with Crippen LogP contribution in [-0.4, -0.2) is 52.9 Å². The highest BCUT2D eigenvalue weighted by atomic mass is 35.5. The van der Waals surface area contributed by atoms with E-state index in [4.69, 9.17) is 11.6 Å². The maximum Gasteiger partial charge on any atom is 0.226 e. The van der Waals surface area contributed by atoms with Gasteiger partial charge in [0.1, 0.15) is 0 Å². The molecule has 7 heteroatoms. The number of nitrogens with zero attached hydrogens (tertiary/aromatic N) is 5. The average molecular weight is 334 g/mol. The van der Waals surface area contributed by atoms with Crippen molar-refractivity contribution in [1.29, 1.82) is 0 Å². The predicted molar refractivity (Wildman–Crippen MR) is 90.5 cm³/mol. The maximum absolute atomic E-state index is 12.1. The first-order chi connectivity index (χ1) is 11.1. The molecule has 0 radical (unpaired) electrons. The normalized spacial score (nSPS) is 10.4. The van der Waals surface area contributed by atoms with Crippen LogP contribution in [0.2, 0.25) is 5.02 Å². The topological polar surface area (TPSA) is 62.2 Å². The summed E-state index contributed by atoms with van der Waals surface area (Å²) in [6, 6.07) is 3.74. The summed E-state index contributed by atoms with van der Waals surface area (Å²) in [6.07, 6.45) is 7.77. The van der Waals surface area contributed by atoms with Gasteiger partial charge in [0.05, 0.1) is 23.8 Å². The van der Waals surface area contributed by atoms with E-state index in [2.05, 4.69) is 15.0 Å². The number of hydrogen-bond acceptors (Lipinski definition) is 5. The lowest BCUT2D eigenvalue weighted by molar-refractivity contribution is -0.129. The summed E-state index contributed by atoms with van der Waals surface area (Å²) in [5.74, 6) is 0.710. The van der Waals surface area contributed by atoms with E-state index in [1.807, 2.05) is 31.1 Å². The highest BCUT2D eigenvalue weighted by Gasteiger charge is 2.10. The van der Waals surface area contributed by atoms with Gasteiger partial charge in [0.2, 0.25) is 11.9 Å². The van der Waals surface area contributed by atoms with E-state index in [0.29, 0.717) is 23.9 Å². The number of rotatable bonds is 7. The third kappa shape index (κ3) is 5.49. The Morgan fingerprint density at radius 2 is 1.91 bits per heavy atom. The molecule has 0 aliphatic heterocycles. The van der Waals surface area contributed by atoms with E-state index in [1.54, 1.807) is 29.7 Å². The van der Waals surface area contributed by atoms with Crippen molar-refractivity contribution >= 4 is 23.5 Å². The molecule has 0 atom stereocenters. The van der Waals surface area contributed by atoms with Gasteiger partial charge in [-0.2, -0.15) is 0 Å². The number of hydrogen-bond donors (Lipinski definition) is 0. The van der Waals surface area contributed by atoms with Gasteiger partial charge in [-0.3, -0.25) is 9.78 Å². The first kappa shape index (κ1) is 17.1. The number of anilines is 1. The number of carbonyl (C=O) groups is 1. The molecular formula is C16H20ClN5O. The number of aromatic nitrogens is 3. The van der Waals surface area contributed by atoms with Crippen LogP contribution >= 0.6 is 11.6 Å². The van der Waals surface area contributed by atoms with E-state index in [0.717, 1.165) is 18.5 Å². The van der Waals surface area contributed by atoms with Gasteiger partial charge in [-0.15, -0.1) is 0 Å². The molecule has 2 rings (SSSR count). The van der Waals surface area contributed by atoms with E-state index in [-0.39, 0.29) is 5.91 Å². The fourth-order valence-corrected chi connectivity index (χ4v) is 2.18. The molecule has 0 saturated carbocycles. The second kappa shape index (κ2) is 8.43. The van der Waals surface area contributed by atoms with E-state index in [1.165, 1.54) is 0 Å². The van der Waals surface area contributed by atoms with Gasteiger partial charge >= 0.3 is 0 Å². The molecular weight excluding hydrogens is 314 g/mol. The van der Waals surface area contributed by atoms with Crippen LogP contribution in [0.5, 0.6) is 0 Å². The van der Waals surface area contributed by atoms with Crippen molar-refractivity contribution in [3.05, 3.63) is 47.5 Å². The SMILES string of the molecule is CN(CCCN(C)c1ncc(Cl)cn1)C(=O)Cc1cccnc1. The fraction of sp³-hybridized carbons (Fsp3) is 0.375. The molecule has 23 heavy (non-hydrogen) atoms. The fourth-order valence-electron chi connectivity index (χ4n) is 2.08. The van der Waals surface area contributed by atoms with Crippen LogP contribution in [0.1, 0.15) is 12.0 Å². The molecule has 2 aromatic rings. The second-order valence-corrected chi connectivity index (χ2v) is 5.77. The maximum atomic E-state index is 12.1. The van der Waals surface area contributed by atoms with E-state index < -0.39 is 0 Å². The molecule has 122 valence electrons.